The fourth-order valence-electron chi connectivity index (χ4n) is 4.54. The Labute approximate surface area is 210 Å². The van der Waals surface area contributed by atoms with Crippen molar-refractivity contribution >= 4 is 21.9 Å². The van der Waals surface area contributed by atoms with Crippen LogP contribution >= 0.6 is 0 Å². The standard InChI is InChI=1S/C25H41N7O2S/c1-7-27-23-29-22(30-24(31-23)28-8-2)21(26)17-9-13-19(14-10-17)32(6)35(33,34)20-15-11-18(12-16-20)25(3,4)5/h11-12,15-17,19,21H,7-10,13-14,26H2,1-6H3,(H2,27,28,29,30,31). The molecule has 1 aliphatic carbocycles. The van der Waals surface area contributed by atoms with Crippen LogP contribution in [0.5, 0.6) is 0 Å². The molecule has 1 fully saturated rings. The highest BCUT2D eigenvalue weighted by molar-refractivity contribution is 7.89. The zero-order valence-corrected chi connectivity index (χ0v) is 22.7. The van der Waals surface area contributed by atoms with Crippen molar-refractivity contribution < 1.29 is 8.42 Å². The average molecular weight is 504 g/mol. The van der Waals surface area contributed by atoms with Crippen LogP contribution < -0.4 is 16.4 Å². The van der Waals surface area contributed by atoms with E-state index in [1.165, 1.54) is 4.31 Å². The van der Waals surface area contributed by atoms with Gasteiger partial charge in [-0.1, -0.05) is 32.9 Å². The van der Waals surface area contributed by atoms with Gasteiger partial charge in [0.2, 0.25) is 21.9 Å². The summed E-state index contributed by atoms with van der Waals surface area (Å²) in [6.07, 6.45) is 3.12. The molecule has 0 spiro atoms. The van der Waals surface area contributed by atoms with Crippen LogP contribution in [0.4, 0.5) is 11.9 Å². The van der Waals surface area contributed by atoms with Crippen molar-refractivity contribution in [2.45, 2.75) is 82.7 Å². The van der Waals surface area contributed by atoms with E-state index in [1.54, 1.807) is 19.2 Å². The molecule has 1 aromatic heterocycles. The van der Waals surface area contributed by atoms with E-state index < -0.39 is 10.0 Å². The predicted molar refractivity (Wildman–Crippen MR) is 141 cm³/mol. The molecule has 1 atom stereocenters. The molecule has 4 N–H and O–H groups in total. The summed E-state index contributed by atoms with van der Waals surface area (Å²) in [5, 5.41) is 6.28. The molecule has 0 amide bonds. The maximum atomic E-state index is 13.3. The van der Waals surface area contributed by atoms with E-state index in [2.05, 4.69) is 46.4 Å². The molecular formula is C25H41N7O2S. The van der Waals surface area contributed by atoms with Crippen LogP contribution in [-0.2, 0) is 15.4 Å². The van der Waals surface area contributed by atoms with Crippen molar-refractivity contribution in [3.05, 3.63) is 35.7 Å². The summed E-state index contributed by atoms with van der Waals surface area (Å²) in [4.78, 5) is 13.8. The molecule has 10 heteroatoms. The number of nitrogens with two attached hydrogens (primary N) is 1. The second-order valence-corrected chi connectivity index (χ2v) is 12.3. The van der Waals surface area contributed by atoms with Gasteiger partial charge in [0, 0.05) is 26.2 Å². The highest BCUT2D eigenvalue weighted by atomic mass is 32.2. The lowest BCUT2D eigenvalue weighted by Gasteiger charge is -2.35. The van der Waals surface area contributed by atoms with Crippen molar-refractivity contribution in [2.75, 3.05) is 30.8 Å². The number of hydrogen-bond donors (Lipinski definition) is 3. The molecular weight excluding hydrogens is 462 g/mol. The second kappa shape index (κ2) is 11.2. The van der Waals surface area contributed by atoms with Gasteiger partial charge >= 0.3 is 0 Å². The first kappa shape index (κ1) is 27.3. The van der Waals surface area contributed by atoms with Gasteiger partial charge in [-0.15, -0.1) is 0 Å². The van der Waals surface area contributed by atoms with Gasteiger partial charge < -0.3 is 16.4 Å². The number of hydrogen-bond acceptors (Lipinski definition) is 8. The molecule has 1 aliphatic rings. The Bertz CT molecular complexity index is 1050. The lowest BCUT2D eigenvalue weighted by molar-refractivity contribution is 0.213. The lowest BCUT2D eigenvalue weighted by atomic mass is 9.81. The SMILES string of the molecule is CCNc1nc(NCC)nc(C(N)C2CCC(N(C)S(=O)(=O)c3ccc(C(C)(C)C)cc3)CC2)n1. The van der Waals surface area contributed by atoms with Crippen LogP contribution in [0.2, 0.25) is 0 Å². The van der Waals surface area contributed by atoms with Crippen LogP contribution in [0.15, 0.2) is 29.2 Å². The molecule has 0 bridgehead atoms. The summed E-state index contributed by atoms with van der Waals surface area (Å²) in [6.45, 7) is 11.7. The monoisotopic (exact) mass is 503 g/mol. The number of nitrogens with one attached hydrogen (secondary N) is 2. The molecule has 3 rings (SSSR count). The molecule has 0 saturated heterocycles. The Morgan fingerprint density at radius 2 is 1.49 bits per heavy atom. The average Bonchev–Trinajstić information content (AvgIpc) is 2.83. The normalized spacial score (nSPS) is 20.0. The van der Waals surface area contributed by atoms with E-state index in [0.29, 0.717) is 35.7 Å². The first-order chi connectivity index (χ1) is 16.5. The third kappa shape index (κ3) is 6.48. The topological polar surface area (TPSA) is 126 Å². The number of benzene rings is 1. The van der Waals surface area contributed by atoms with Crippen LogP contribution in [0.1, 0.15) is 77.7 Å². The lowest BCUT2D eigenvalue weighted by Crippen LogP contribution is -2.41. The molecule has 1 aromatic carbocycles. The molecule has 1 saturated carbocycles. The first-order valence-electron chi connectivity index (χ1n) is 12.5. The fraction of sp³-hybridized carbons (Fsp3) is 0.640. The van der Waals surface area contributed by atoms with Gasteiger partial charge in [-0.2, -0.15) is 19.3 Å². The molecule has 9 nitrogen and oxygen atoms in total. The zero-order chi connectivity index (χ0) is 25.8. The molecule has 0 aliphatic heterocycles. The van der Waals surface area contributed by atoms with Gasteiger partial charge in [-0.25, -0.2) is 8.42 Å². The largest absolute Gasteiger partial charge is 0.354 e. The first-order valence-corrected chi connectivity index (χ1v) is 14.0. The highest BCUT2D eigenvalue weighted by Crippen LogP contribution is 2.35. The Hall–Kier alpha value is -2.30. The minimum Gasteiger partial charge on any atom is -0.354 e. The Balaban J connectivity index is 1.68. The van der Waals surface area contributed by atoms with Gasteiger partial charge in [-0.05, 0) is 68.6 Å². The summed E-state index contributed by atoms with van der Waals surface area (Å²) in [7, 11) is -1.87. The van der Waals surface area contributed by atoms with Crippen LogP contribution in [0.25, 0.3) is 0 Å². The van der Waals surface area contributed by atoms with E-state index in [-0.39, 0.29) is 23.4 Å². The predicted octanol–water partition coefficient (Wildman–Crippen LogP) is 3.91. The summed E-state index contributed by atoms with van der Waals surface area (Å²) in [6, 6.07) is 6.87. The van der Waals surface area contributed by atoms with E-state index in [1.807, 2.05) is 26.0 Å². The number of anilines is 2. The van der Waals surface area contributed by atoms with Gasteiger partial charge in [-0.3, -0.25) is 0 Å². The molecule has 0 radical (unpaired) electrons. The Morgan fingerprint density at radius 1 is 0.971 bits per heavy atom. The zero-order valence-electron chi connectivity index (χ0n) is 21.9. The molecule has 1 unspecified atom stereocenters. The highest BCUT2D eigenvalue weighted by Gasteiger charge is 2.34. The fourth-order valence-corrected chi connectivity index (χ4v) is 5.96. The Kier molecular flexibility index (Phi) is 8.72. The van der Waals surface area contributed by atoms with Crippen molar-refractivity contribution in [2.24, 2.45) is 11.7 Å². The smallest absolute Gasteiger partial charge is 0.243 e. The van der Waals surface area contributed by atoms with Gasteiger partial charge in [0.15, 0.2) is 5.82 Å². The second-order valence-electron chi connectivity index (χ2n) is 10.3. The number of rotatable bonds is 9. The van der Waals surface area contributed by atoms with Crippen molar-refractivity contribution in [1.29, 1.82) is 0 Å². The third-order valence-electron chi connectivity index (χ3n) is 6.78. The minimum absolute atomic E-state index is 0.0232. The quantitative estimate of drug-likeness (QED) is 0.470. The van der Waals surface area contributed by atoms with Gasteiger partial charge in [0.05, 0.1) is 10.9 Å². The summed E-state index contributed by atoms with van der Waals surface area (Å²) in [5.41, 5.74) is 7.70. The molecule has 1 heterocycles. The number of aromatic nitrogens is 3. The summed E-state index contributed by atoms with van der Waals surface area (Å²) >= 11 is 0. The maximum absolute atomic E-state index is 13.3. The number of sulfonamides is 1. The van der Waals surface area contributed by atoms with Crippen LogP contribution in [-0.4, -0.2) is 53.9 Å². The van der Waals surface area contributed by atoms with Crippen LogP contribution in [0, 0.1) is 5.92 Å². The van der Waals surface area contributed by atoms with E-state index in [4.69, 9.17) is 5.73 Å². The van der Waals surface area contributed by atoms with Crippen molar-refractivity contribution in [3.63, 3.8) is 0 Å². The van der Waals surface area contributed by atoms with E-state index in [0.717, 1.165) is 31.2 Å². The number of nitrogens with zero attached hydrogens (tertiary/aromatic N) is 4. The summed E-state index contributed by atoms with van der Waals surface area (Å²) in [5.74, 6) is 1.77. The maximum Gasteiger partial charge on any atom is 0.243 e. The third-order valence-corrected chi connectivity index (χ3v) is 8.71. The van der Waals surface area contributed by atoms with Crippen LogP contribution in [0.3, 0.4) is 0 Å². The van der Waals surface area contributed by atoms with Gasteiger partial charge in [0.1, 0.15) is 0 Å². The summed E-state index contributed by atoms with van der Waals surface area (Å²) < 4.78 is 28.1. The minimum atomic E-state index is -3.56. The van der Waals surface area contributed by atoms with Gasteiger partial charge in [0.25, 0.3) is 0 Å². The molecule has 194 valence electrons. The molecule has 35 heavy (non-hydrogen) atoms. The Morgan fingerprint density at radius 3 is 1.94 bits per heavy atom. The van der Waals surface area contributed by atoms with Crippen molar-refractivity contribution in [1.82, 2.24) is 19.3 Å². The van der Waals surface area contributed by atoms with E-state index in [9.17, 15) is 8.42 Å². The van der Waals surface area contributed by atoms with E-state index >= 15 is 0 Å². The molecule has 2 aromatic rings. The van der Waals surface area contributed by atoms with Crippen molar-refractivity contribution in [3.8, 4) is 0 Å².